The Kier molecular flexibility index (Phi) is 6.49. The van der Waals surface area contributed by atoms with Gasteiger partial charge in [0.05, 0.1) is 13.2 Å². The third-order valence-corrected chi connectivity index (χ3v) is 3.21. The molecule has 3 heteroatoms. The number of ether oxygens (including phenoxy) is 2. The summed E-state index contributed by atoms with van der Waals surface area (Å²) in [7, 11) is 1.67. The first-order chi connectivity index (χ1) is 8.95. The molecule has 0 saturated carbocycles. The molecule has 1 rings (SSSR count). The van der Waals surface area contributed by atoms with Crippen LogP contribution in [0.4, 0.5) is 0 Å². The first-order valence-corrected chi connectivity index (χ1v) is 6.88. The molecule has 1 aromatic carbocycles. The summed E-state index contributed by atoms with van der Waals surface area (Å²) < 4.78 is 10.4. The second-order valence-corrected chi connectivity index (χ2v) is 5.87. The molecular formula is C16H27NO2. The highest BCUT2D eigenvalue weighted by molar-refractivity contribution is 5.29. The van der Waals surface area contributed by atoms with Gasteiger partial charge in [-0.2, -0.15) is 0 Å². The third-order valence-electron chi connectivity index (χ3n) is 3.21. The predicted octanol–water partition coefficient (Wildman–Crippen LogP) is 3.04. The molecule has 0 heterocycles. The van der Waals surface area contributed by atoms with Gasteiger partial charge in [0.25, 0.3) is 0 Å². The van der Waals surface area contributed by atoms with E-state index in [1.54, 1.807) is 7.11 Å². The molecule has 3 nitrogen and oxygen atoms in total. The van der Waals surface area contributed by atoms with E-state index in [0.29, 0.717) is 19.8 Å². The minimum Gasteiger partial charge on any atom is -0.382 e. The molecule has 108 valence electrons. The fourth-order valence-electron chi connectivity index (χ4n) is 1.85. The number of hydrogen-bond donors (Lipinski definition) is 1. The van der Waals surface area contributed by atoms with Crippen molar-refractivity contribution in [3.8, 4) is 0 Å². The van der Waals surface area contributed by atoms with Crippen LogP contribution in [-0.4, -0.2) is 26.9 Å². The number of rotatable bonds is 7. The molecule has 2 N–H and O–H groups in total. The third kappa shape index (κ3) is 5.72. The fourth-order valence-corrected chi connectivity index (χ4v) is 1.85. The van der Waals surface area contributed by atoms with Crippen LogP contribution in [0.1, 0.15) is 44.4 Å². The summed E-state index contributed by atoms with van der Waals surface area (Å²) in [5.74, 6) is 0. The molecule has 0 spiro atoms. The van der Waals surface area contributed by atoms with Gasteiger partial charge >= 0.3 is 0 Å². The molecule has 1 aromatic rings. The topological polar surface area (TPSA) is 44.5 Å². The van der Waals surface area contributed by atoms with Crippen molar-refractivity contribution in [2.75, 3.05) is 26.9 Å². The normalized spacial score (nSPS) is 13.5. The fraction of sp³-hybridized carbons (Fsp3) is 0.625. The van der Waals surface area contributed by atoms with Crippen LogP contribution in [0.25, 0.3) is 0 Å². The summed E-state index contributed by atoms with van der Waals surface area (Å²) in [5.41, 5.74) is 8.85. The van der Waals surface area contributed by atoms with Gasteiger partial charge in [0.1, 0.15) is 0 Å². The van der Waals surface area contributed by atoms with Gasteiger partial charge in [-0.15, -0.1) is 0 Å². The van der Waals surface area contributed by atoms with Crippen molar-refractivity contribution in [2.45, 2.75) is 38.6 Å². The van der Waals surface area contributed by atoms with Gasteiger partial charge in [-0.05, 0) is 23.0 Å². The minimum absolute atomic E-state index is 0.0385. The van der Waals surface area contributed by atoms with Crippen molar-refractivity contribution in [3.63, 3.8) is 0 Å². The number of benzene rings is 1. The first-order valence-electron chi connectivity index (χ1n) is 6.88. The Morgan fingerprint density at radius 3 is 2.21 bits per heavy atom. The van der Waals surface area contributed by atoms with Crippen LogP contribution in [-0.2, 0) is 14.9 Å². The van der Waals surface area contributed by atoms with E-state index in [2.05, 4.69) is 45.0 Å². The van der Waals surface area contributed by atoms with Gasteiger partial charge in [0.2, 0.25) is 0 Å². The summed E-state index contributed by atoms with van der Waals surface area (Å²) >= 11 is 0. The van der Waals surface area contributed by atoms with E-state index in [9.17, 15) is 0 Å². The SMILES string of the molecule is COCCOCCC(N)c1ccc(C(C)(C)C)cc1. The maximum absolute atomic E-state index is 6.16. The lowest BCUT2D eigenvalue weighted by Gasteiger charge is -2.20. The summed E-state index contributed by atoms with van der Waals surface area (Å²) in [6.45, 7) is 8.58. The highest BCUT2D eigenvalue weighted by atomic mass is 16.5. The van der Waals surface area contributed by atoms with E-state index >= 15 is 0 Å². The average Bonchev–Trinajstić information content (AvgIpc) is 2.37. The largest absolute Gasteiger partial charge is 0.382 e. The molecular weight excluding hydrogens is 238 g/mol. The van der Waals surface area contributed by atoms with Gasteiger partial charge < -0.3 is 15.2 Å². The molecule has 1 atom stereocenters. The van der Waals surface area contributed by atoms with E-state index in [1.165, 1.54) is 11.1 Å². The molecule has 0 bridgehead atoms. The molecule has 0 aromatic heterocycles. The number of hydrogen-bond acceptors (Lipinski definition) is 3. The Balaban J connectivity index is 2.42. The second kappa shape index (κ2) is 7.63. The van der Waals surface area contributed by atoms with Crippen LogP contribution in [0.2, 0.25) is 0 Å². The number of nitrogens with two attached hydrogens (primary N) is 1. The Morgan fingerprint density at radius 2 is 1.68 bits per heavy atom. The Morgan fingerprint density at radius 1 is 1.05 bits per heavy atom. The highest BCUT2D eigenvalue weighted by Gasteiger charge is 2.14. The van der Waals surface area contributed by atoms with Crippen LogP contribution in [0, 0.1) is 0 Å². The lowest BCUT2D eigenvalue weighted by molar-refractivity contribution is 0.0672. The molecule has 19 heavy (non-hydrogen) atoms. The molecule has 0 saturated heterocycles. The molecule has 0 radical (unpaired) electrons. The van der Waals surface area contributed by atoms with E-state index in [-0.39, 0.29) is 11.5 Å². The van der Waals surface area contributed by atoms with Gasteiger partial charge in [-0.25, -0.2) is 0 Å². The zero-order valence-corrected chi connectivity index (χ0v) is 12.6. The zero-order valence-electron chi connectivity index (χ0n) is 12.6. The Bertz CT molecular complexity index is 354. The van der Waals surface area contributed by atoms with Crippen LogP contribution in [0.5, 0.6) is 0 Å². The van der Waals surface area contributed by atoms with Crippen LogP contribution in [0.15, 0.2) is 24.3 Å². The Labute approximate surface area is 117 Å². The van der Waals surface area contributed by atoms with Crippen molar-refractivity contribution < 1.29 is 9.47 Å². The Hall–Kier alpha value is -0.900. The lowest BCUT2D eigenvalue weighted by atomic mass is 9.86. The minimum atomic E-state index is 0.0385. The van der Waals surface area contributed by atoms with E-state index < -0.39 is 0 Å². The summed E-state index contributed by atoms with van der Waals surface area (Å²) in [6, 6.07) is 8.62. The molecule has 0 fully saturated rings. The smallest absolute Gasteiger partial charge is 0.0700 e. The summed E-state index contributed by atoms with van der Waals surface area (Å²) in [5, 5.41) is 0. The molecule has 0 amide bonds. The van der Waals surface area contributed by atoms with Crippen molar-refractivity contribution in [1.82, 2.24) is 0 Å². The molecule has 0 aliphatic rings. The maximum Gasteiger partial charge on any atom is 0.0700 e. The summed E-state index contributed by atoms with van der Waals surface area (Å²) in [4.78, 5) is 0. The van der Waals surface area contributed by atoms with Crippen LogP contribution < -0.4 is 5.73 Å². The first kappa shape index (κ1) is 16.2. The molecule has 1 unspecified atom stereocenters. The van der Waals surface area contributed by atoms with Crippen molar-refractivity contribution in [3.05, 3.63) is 35.4 Å². The highest BCUT2D eigenvalue weighted by Crippen LogP contribution is 2.24. The lowest BCUT2D eigenvalue weighted by Crippen LogP contribution is -2.15. The predicted molar refractivity (Wildman–Crippen MR) is 79.4 cm³/mol. The van der Waals surface area contributed by atoms with Crippen molar-refractivity contribution in [1.29, 1.82) is 0 Å². The van der Waals surface area contributed by atoms with Gasteiger partial charge in [0, 0.05) is 19.8 Å². The zero-order chi connectivity index (χ0) is 14.3. The average molecular weight is 265 g/mol. The van der Waals surface area contributed by atoms with E-state index in [0.717, 1.165) is 6.42 Å². The molecule has 0 aliphatic carbocycles. The second-order valence-electron chi connectivity index (χ2n) is 5.87. The van der Waals surface area contributed by atoms with Crippen molar-refractivity contribution in [2.24, 2.45) is 5.73 Å². The summed E-state index contributed by atoms with van der Waals surface area (Å²) in [6.07, 6.45) is 0.832. The van der Waals surface area contributed by atoms with Crippen LogP contribution >= 0.6 is 0 Å². The number of methoxy groups -OCH3 is 1. The van der Waals surface area contributed by atoms with Crippen molar-refractivity contribution >= 4 is 0 Å². The quantitative estimate of drug-likeness (QED) is 0.771. The van der Waals surface area contributed by atoms with Gasteiger partial charge in [-0.3, -0.25) is 0 Å². The standard InChI is InChI=1S/C16H27NO2/c1-16(2,3)14-7-5-13(6-8-14)15(17)9-10-19-12-11-18-4/h5-8,15H,9-12,17H2,1-4H3. The van der Waals surface area contributed by atoms with Crippen LogP contribution in [0.3, 0.4) is 0 Å². The van der Waals surface area contributed by atoms with E-state index in [1.807, 2.05) is 0 Å². The molecule has 0 aliphatic heterocycles. The monoisotopic (exact) mass is 265 g/mol. The van der Waals surface area contributed by atoms with Gasteiger partial charge in [-0.1, -0.05) is 45.0 Å². The van der Waals surface area contributed by atoms with Gasteiger partial charge in [0.15, 0.2) is 0 Å². The maximum atomic E-state index is 6.16. The van der Waals surface area contributed by atoms with E-state index in [4.69, 9.17) is 15.2 Å².